The van der Waals surface area contributed by atoms with Crippen LogP contribution in [0, 0.1) is 5.92 Å². The second-order valence-electron chi connectivity index (χ2n) is 6.72. The molecule has 0 saturated heterocycles. The van der Waals surface area contributed by atoms with Crippen LogP contribution in [-0.2, 0) is 6.54 Å². The number of nitrogens with one attached hydrogen (secondary N) is 1. The molecule has 2 atom stereocenters. The fourth-order valence-electron chi connectivity index (χ4n) is 2.57. The molecule has 1 aromatic rings. The van der Waals surface area contributed by atoms with E-state index in [1.807, 2.05) is 0 Å². The van der Waals surface area contributed by atoms with E-state index in [2.05, 4.69) is 54.2 Å². The van der Waals surface area contributed by atoms with Gasteiger partial charge in [0.15, 0.2) is 0 Å². The van der Waals surface area contributed by atoms with Gasteiger partial charge in [0.2, 0.25) is 0 Å². The fourth-order valence-corrected chi connectivity index (χ4v) is 2.57. The Morgan fingerprint density at radius 2 is 2.17 bits per heavy atom. The summed E-state index contributed by atoms with van der Waals surface area (Å²) in [6, 6.07) is 0.560. The van der Waals surface area contributed by atoms with Crippen molar-refractivity contribution in [2.75, 3.05) is 0 Å². The Labute approximate surface area is 110 Å². The lowest BCUT2D eigenvalue weighted by Gasteiger charge is -2.26. The average Bonchev–Trinajstić information content (AvgIpc) is 2.74. The van der Waals surface area contributed by atoms with Crippen LogP contribution in [0.2, 0.25) is 0 Å². The maximum Gasteiger partial charge on any atom is 0.0965 e. The largest absolute Gasteiger partial charge is 0.306 e. The van der Waals surface area contributed by atoms with Gasteiger partial charge in [-0.25, -0.2) is 4.68 Å². The van der Waals surface area contributed by atoms with Crippen LogP contribution in [0.1, 0.15) is 65.1 Å². The zero-order valence-corrected chi connectivity index (χ0v) is 12.1. The first-order valence-corrected chi connectivity index (χ1v) is 7.10. The van der Waals surface area contributed by atoms with Gasteiger partial charge in [-0.05, 0) is 39.5 Å². The molecule has 18 heavy (non-hydrogen) atoms. The first kappa shape index (κ1) is 13.5. The third-order valence-electron chi connectivity index (χ3n) is 3.64. The lowest BCUT2D eigenvalue weighted by atomic mass is 9.87. The quantitative estimate of drug-likeness (QED) is 0.897. The summed E-state index contributed by atoms with van der Waals surface area (Å²) in [5, 5.41) is 12.0. The van der Waals surface area contributed by atoms with Crippen molar-refractivity contribution < 1.29 is 0 Å². The van der Waals surface area contributed by atoms with Crippen LogP contribution < -0.4 is 5.32 Å². The topological polar surface area (TPSA) is 42.7 Å². The Balaban J connectivity index is 1.93. The van der Waals surface area contributed by atoms with Crippen LogP contribution in [0.4, 0.5) is 0 Å². The zero-order chi connectivity index (χ0) is 13.2. The Hall–Kier alpha value is -0.900. The number of rotatable bonds is 3. The third kappa shape index (κ3) is 3.80. The molecule has 0 bridgehead atoms. The minimum absolute atomic E-state index is 0.128. The lowest BCUT2D eigenvalue weighted by molar-refractivity contribution is 0.263. The van der Waals surface area contributed by atoms with Crippen molar-refractivity contribution in [3.8, 4) is 0 Å². The molecule has 102 valence electrons. The van der Waals surface area contributed by atoms with E-state index >= 15 is 0 Å². The van der Waals surface area contributed by atoms with E-state index in [4.69, 9.17) is 0 Å². The van der Waals surface area contributed by atoms with Crippen LogP contribution in [0.25, 0.3) is 0 Å². The molecule has 1 aliphatic carbocycles. The molecule has 0 aliphatic heterocycles. The van der Waals surface area contributed by atoms with E-state index in [1.54, 1.807) is 0 Å². The van der Waals surface area contributed by atoms with Crippen molar-refractivity contribution in [2.45, 2.75) is 71.5 Å². The summed E-state index contributed by atoms with van der Waals surface area (Å²) < 4.78 is 2.08. The van der Waals surface area contributed by atoms with Gasteiger partial charge in [0.1, 0.15) is 0 Å². The number of hydrogen-bond donors (Lipinski definition) is 1. The maximum atomic E-state index is 4.30. The van der Waals surface area contributed by atoms with Gasteiger partial charge < -0.3 is 5.32 Å². The summed E-state index contributed by atoms with van der Waals surface area (Å²) in [4.78, 5) is 0. The van der Waals surface area contributed by atoms with Crippen LogP contribution in [0.15, 0.2) is 6.20 Å². The summed E-state index contributed by atoms with van der Waals surface area (Å²) in [5.74, 6) is 0.823. The molecule has 1 heterocycles. The number of hydrogen-bond acceptors (Lipinski definition) is 3. The van der Waals surface area contributed by atoms with Gasteiger partial charge in [-0.15, -0.1) is 5.10 Å². The Kier molecular flexibility index (Phi) is 4.05. The molecule has 0 radical (unpaired) electrons. The van der Waals surface area contributed by atoms with Crippen molar-refractivity contribution in [1.82, 2.24) is 20.3 Å². The van der Waals surface area contributed by atoms with Gasteiger partial charge in [-0.2, -0.15) is 0 Å². The molecule has 1 aromatic heterocycles. The second-order valence-corrected chi connectivity index (χ2v) is 6.72. The Bertz CT molecular complexity index is 377. The van der Waals surface area contributed by atoms with Crippen molar-refractivity contribution in [2.24, 2.45) is 5.92 Å². The molecule has 1 aliphatic rings. The second kappa shape index (κ2) is 5.39. The van der Waals surface area contributed by atoms with Crippen molar-refractivity contribution >= 4 is 0 Å². The van der Waals surface area contributed by atoms with Crippen molar-refractivity contribution in [3.63, 3.8) is 0 Å². The van der Waals surface area contributed by atoms with Gasteiger partial charge in [0, 0.05) is 12.1 Å². The highest BCUT2D eigenvalue weighted by molar-refractivity contribution is 4.95. The smallest absolute Gasteiger partial charge is 0.0965 e. The molecule has 2 unspecified atom stereocenters. The van der Waals surface area contributed by atoms with Crippen molar-refractivity contribution in [3.05, 3.63) is 11.9 Å². The first-order chi connectivity index (χ1) is 8.44. The molecule has 0 aromatic carbocycles. The SMILES string of the molecule is CC1CCCC(n2cc(CNC(C)(C)C)nn2)C1. The van der Waals surface area contributed by atoms with E-state index in [-0.39, 0.29) is 5.54 Å². The molecule has 0 spiro atoms. The Morgan fingerprint density at radius 3 is 2.83 bits per heavy atom. The van der Waals surface area contributed by atoms with Crippen LogP contribution in [-0.4, -0.2) is 20.5 Å². The van der Waals surface area contributed by atoms with Gasteiger partial charge in [0.05, 0.1) is 17.9 Å². The highest BCUT2D eigenvalue weighted by Gasteiger charge is 2.21. The minimum atomic E-state index is 0.128. The minimum Gasteiger partial charge on any atom is -0.306 e. The molecular weight excluding hydrogens is 224 g/mol. The number of aromatic nitrogens is 3. The molecule has 4 heteroatoms. The van der Waals surface area contributed by atoms with E-state index in [0.29, 0.717) is 6.04 Å². The number of nitrogens with zero attached hydrogens (tertiary/aromatic N) is 3. The van der Waals surface area contributed by atoms with Crippen LogP contribution in [0.5, 0.6) is 0 Å². The average molecular weight is 250 g/mol. The van der Waals surface area contributed by atoms with Crippen LogP contribution >= 0.6 is 0 Å². The van der Waals surface area contributed by atoms with E-state index in [9.17, 15) is 0 Å². The summed E-state index contributed by atoms with van der Waals surface area (Å²) in [6.07, 6.45) is 7.29. The molecular formula is C14H26N4. The van der Waals surface area contributed by atoms with Crippen LogP contribution in [0.3, 0.4) is 0 Å². The summed E-state index contributed by atoms with van der Waals surface area (Å²) in [7, 11) is 0. The lowest BCUT2D eigenvalue weighted by Crippen LogP contribution is -2.35. The predicted octanol–water partition coefficient (Wildman–Crippen LogP) is 2.92. The fraction of sp³-hybridized carbons (Fsp3) is 0.857. The molecule has 1 saturated carbocycles. The summed E-state index contributed by atoms with van der Waals surface area (Å²) >= 11 is 0. The van der Waals surface area contributed by atoms with Gasteiger partial charge >= 0.3 is 0 Å². The third-order valence-corrected chi connectivity index (χ3v) is 3.64. The summed E-state index contributed by atoms with van der Waals surface area (Å²) in [6.45, 7) is 9.64. The Morgan fingerprint density at radius 1 is 1.39 bits per heavy atom. The predicted molar refractivity (Wildman–Crippen MR) is 73.3 cm³/mol. The molecule has 2 rings (SSSR count). The maximum absolute atomic E-state index is 4.30. The van der Waals surface area contributed by atoms with Gasteiger partial charge in [-0.1, -0.05) is 25.0 Å². The van der Waals surface area contributed by atoms with E-state index in [1.165, 1.54) is 25.7 Å². The molecule has 1 fully saturated rings. The monoisotopic (exact) mass is 250 g/mol. The van der Waals surface area contributed by atoms with E-state index < -0.39 is 0 Å². The first-order valence-electron chi connectivity index (χ1n) is 7.10. The zero-order valence-electron chi connectivity index (χ0n) is 12.1. The highest BCUT2D eigenvalue weighted by Crippen LogP contribution is 2.31. The molecule has 1 N–H and O–H groups in total. The highest BCUT2D eigenvalue weighted by atomic mass is 15.4. The summed E-state index contributed by atoms with van der Waals surface area (Å²) in [5.41, 5.74) is 1.17. The van der Waals surface area contributed by atoms with Gasteiger partial charge in [-0.3, -0.25) is 0 Å². The standard InChI is InChI=1S/C14H26N4/c1-11-6-5-7-13(8-11)18-10-12(16-17-18)9-15-14(2,3)4/h10-11,13,15H,5-9H2,1-4H3. The normalized spacial score (nSPS) is 25.3. The van der Waals surface area contributed by atoms with E-state index in [0.717, 1.165) is 18.2 Å². The van der Waals surface area contributed by atoms with Gasteiger partial charge in [0.25, 0.3) is 0 Å². The van der Waals surface area contributed by atoms with Crippen molar-refractivity contribution in [1.29, 1.82) is 0 Å². The molecule has 4 nitrogen and oxygen atoms in total. The molecule has 0 amide bonds.